The minimum atomic E-state index is -4.15. The van der Waals surface area contributed by atoms with Crippen LogP contribution in [0.5, 0.6) is 11.5 Å². The van der Waals surface area contributed by atoms with E-state index in [-0.39, 0.29) is 27.6 Å². The number of carboxylic acids is 1. The number of H-pyrrole nitrogens is 2. The van der Waals surface area contributed by atoms with Crippen LogP contribution in [0.2, 0.25) is 0 Å². The zero-order chi connectivity index (χ0) is 21.2. The van der Waals surface area contributed by atoms with E-state index in [4.69, 9.17) is 14.6 Å². The number of carbonyl (C=O) groups is 1. The van der Waals surface area contributed by atoms with Crippen LogP contribution in [0, 0.1) is 0 Å². The van der Waals surface area contributed by atoms with E-state index in [2.05, 4.69) is 14.7 Å². The van der Waals surface area contributed by atoms with Gasteiger partial charge in [0.1, 0.15) is 4.90 Å². The number of aliphatic carboxylic acids is 1. The van der Waals surface area contributed by atoms with E-state index in [1.807, 2.05) is 0 Å². The highest BCUT2D eigenvalue weighted by atomic mass is 32.2. The molecule has 1 aromatic heterocycles. The number of ether oxygens (including phenoxy) is 2. The molecule has 3 aromatic rings. The maximum Gasteiger partial charge on any atom is 0.328 e. The van der Waals surface area contributed by atoms with Crippen molar-refractivity contribution >= 4 is 38.8 Å². The number of nitrogens with one attached hydrogen (secondary N) is 3. The predicted molar refractivity (Wildman–Crippen MR) is 106 cm³/mol. The first kappa shape index (κ1) is 20.0. The smallest absolute Gasteiger partial charge is 0.328 e. The summed E-state index contributed by atoms with van der Waals surface area (Å²) in [5.41, 5.74) is 1.04. The van der Waals surface area contributed by atoms with Gasteiger partial charge in [-0.1, -0.05) is 0 Å². The highest BCUT2D eigenvalue weighted by molar-refractivity contribution is 7.92. The van der Waals surface area contributed by atoms with Crippen LogP contribution in [0.1, 0.15) is 5.56 Å². The van der Waals surface area contributed by atoms with Gasteiger partial charge < -0.3 is 24.5 Å². The number of rotatable bonds is 7. The lowest BCUT2D eigenvalue weighted by Crippen LogP contribution is -2.15. The normalized spacial score (nSPS) is 11.7. The summed E-state index contributed by atoms with van der Waals surface area (Å²) in [6, 6.07) is 7.22. The minimum absolute atomic E-state index is 0.0383. The van der Waals surface area contributed by atoms with Gasteiger partial charge in [0.05, 0.1) is 30.9 Å². The molecule has 3 rings (SSSR count). The lowest BCUT2D eigenvalue weighted by Gasteiger charge is -2.15. The molecule has 2 aromatic carbocycles. The van der Waals surface area contributed by atoms with Crippen molar-refractivity contribution in [2.24, 2.45) is 0 Å². The second-order valence-electron chi connectivity index (χ2n) is 5.87. The summed E-state index contributed by atoms with van der Waals surface area (Å²) in [5, 5.41) is 8.81. The van der Waals surface area contributed by atoms with Gasteiger partial charge in [-0.2, -0.15) is 0 Å². The largest absolute Gasteiger partial charge is 0.493 e. The molecule has 10 nitrogen and oxygen atoms in total. The Bertz CT molecular complexity index is 1270. The van der Waals surface area contributed by atoms with Crippen molar-refractivity contribution in [1.29, 1.82) is 0 Å². The summed E-state index contributed by atoms with van der Waals surface area (Å²) < 4.78 is 38.8. The fraction of sp³-hybridized carbons (Fsp3) is 0.111. The molecule has 29 heavy (non-hydrogen) atoms. The number of aromatic nitrogens is 2. The van der Waals surface area contributed by atoms with Gasteiger partial charge in [-0.3, -0.25) is 4.72 Å². The second kappa shape index (κ2) is 7.72. The van der Waals surface area contributed by atoms with Gasteiger partial charge in [0.15, 0.2) is 11.5 Å². The number of hydrogen-bond acceptors (Lipinski definition) is 6. The van der Waals surface area contributed by atoms with Gasteiger partial charge >= 0.3 is 11.7 Å². The first-order chi connectivity index (χ1) is 13.7. The molecule has 0 fully saturated rings. The summed E-state index contributed by atoms with van der Waals surface area (Å²) in [6.45, 7) is 0. The summed E-state index contributed by atoms with van der Waals surface area (Å²) in [6.07, 6.45) is 2.11. The van der Waals surface area contributed by atoms with Gasteiger partial charge in [-0.05, 0) is 42.0 Å². The van der Waals surface area contributed by atoms with Crippen molar-refractivity contribution < 1.29 is 27.8 Å². The van der Waals surface area contributed by atoms with E-state index in [1.54, 1.807) is 6.07 Å². The summed E-state index contributed by atoms with van der Waals surface area (Å²) >= 11 is 0. The molecule has 0 radical (unpaired) electrons. The zero-order valence-electron chi connectivity index (χ0n) is 15.3. The number of methoxy groups -OCH3 is 2. The van der Waals surface area contributed by atoms with E-state index in [0.29, 0.717) is 11.0 Å². The first-order valence-electron chi connectivity index (χ1n) is 8.15. The Morgan fingerprint density at radius 3 is 2.48 bits per heavy atom. The third-order valence-corrected chi connectivity index (χ3v) is 5.33. The fourth-order valence-electron chi connectivity index (χ4n) is 2.72. The maximum atomic E-state index is 13.0. The predicted octanol–water partition coefficient (Wildman–Crippen LogP) is 1.77. The number of benzene rings is 2. The van der Waals surface area contributed by atoms with Crippen LogP contribution in [-0.4, -0.2) is 43.7 Å². The van der Waals surface area contributed by atoms with Crippen molar-refractivity contribution in [1.82, 2.24) is 9.97 Å². The van der Waals surface area contributed by atoms with Gasteiger partial charge in [0.2, 0.25) is 0 Å². The standard InChI is InChI=1S/C18H17N3O7S/c1-27-14-7-10(3-6-16(22)23)8-15(17(14)28-2)29(25,26)21-11-4-5-12-13(9-11)20-18(24)19-12/h3-9,21H,1-2H3,(H,22,23)(H2,19,20,24)/b6-3+. The Balaban J connectivity index is 2.08. The van der Waals surface area contributed by atoms with Crippen LogP contribution in [-0.2, 0) is 14.8 Å². The molecule has 0 atom stereocenters. The van der Waals surface area contributed by atoms with E-state index in [0.717, 1.165) is 6.08 Å². The van der Waals surface area contributed by atoms with Crippen LogP contribution in [0.4, 0.5) is 5.69 Å². The van der Waals surface area contributed by atoms with Gasteiger partial charge in [-0.15, -0.1) is 0 Å². The number of hydrogen-bond donors (Lipinski definition) is 4. The molecular formula is C18H17N3O7S. The van der Waals surface area contributed by atoms with Crippen LogP contribution < -0.4 is 19.9 Å². The van der Waals surface area contributed by atoms with E-state index in [1.165, 1.54) is 44.6 Å². The van der Waals surface area contributed by atoms with Gasteiger partial charge in [0.25, 0.3) is 10.0 Å². The average Bonchev–Trinajstić information content (AvgIpc) is 3.04. The highest BCUT2D eigenvalue weighted by Crippen LogP contribution is 2.37. The monoisotopic (exact) mass is 419 g/mol. The average molecular weight is 419 g/mol. The first-order valence-corrected chi connectivity index (χ1v) is 9.63. The lowest BCUT2D eigenvalue weighted by atomic mass is 10.2. The second-order valence-corrected chi connectivity index (χ2v) is 7.52. The SMILES string of the molecule is COc1cc(/C=C/C(=O)O)cc(S(=O)(=O)Nc2ccc3[nH]c(=O)[nH]c3c2)c1OC. The third-order valence-electron chi connectivity index (χ3n) is 3.94. The number of sulfonamides is 1. The Morgan fingerprint density at radius 2 is 1.83 bits per heavy atom. The van der Waals surface area contributed by atoms with E-state index < -0.39 is 21.7 Å². The Labute approximate surface area is 164 Å². The molecule has 0 saturated heterocycles. The Kier molecular flexibility index (Phi) is 5.33. The molecule has 0 amide bonds. The molecule has 0 bridgehead atoms. The van der Waals surface area contributed by atoms with Crippen molar-refractivity contribution in [2.75, 3.05) is 18.9 Å². The van der Waals surface area contributed by atoms with Crippen LogP contribution in [0.25, 0.3) is 17.1 Å². The van der Waals surface area contributed by atoms with Crippen molar-refractivity contribution in [2.45, 2.75) is 4.90 Å². The highest BCUT2D eigenvalue weighted by Gasteiger charge is 2.24. The molecule has 152 valence electrons. The summed E-state index contributed by atoms with van der Waals surface area (Å²) in [5.74, 6) is -1.11. The number of aromatic amines is 2. The maximum absolute atomic E-state index is 13.0. The lowest BCUT2D eigenvalue weighted by molar-refractivity contribution is -0.131. The molecule has 0 aliphatic carbocycles. The van der Waals surface area contributed by atoms with Gasteiger partial charge in [0, 0.05) is 6.08 Å². The zero-order valence-corrected chi connectivity index (χ0v) is 16.2. The molecule has 0 spiro atoms. The van der Waals surface area contributed by atoms with Crippen LogP contribution >= 0.6 is 0 Å². The number of imidazole rings is 1. The molecule has 1 heterocycles. The Hall–Kier alpha value is -3.73. The molecule has 4 N–H and O–H groups in total. The van der Waals surface area contributed by atoms with Crippen molar-refractivity contribution in [3.05, 3.63) is 52.5 Å². The van der Waals surface area contributed by atoms with Crippen molar-refractivity contribution in [3.63, 3.8) is 0 Å². The van der Waals surface area contributed by atoms with E-state index in [9.17, 15) is 18.0 Å². The quantitative estimate of drug-likeness (QED) is 0.426. The molecule has 0 unspecified atom stereocenters. The van der Waals surface area contributed by atoms with E-state index >= 15 is 0 Å². The Morgan fingerprint density at radius 1 is 1.10 bits per heavy atom. The minimum Gasteiger partial charge on any atom is -0.493 e. The van der Waals surface area contributed by atoms with Crippen molar-refractivity contribution in [3.8, 4) is 11.5 Å². The van der Waals surface area contributed by atoms with Crippen LogP contribution in [0.3, 0.4) is 0 Å². The molecule has 0 saturated carbocycles. The topological polar surface area (TPSA) is 151 Å². The fourth-order valence-corrected chi connectivity index (χ4v) is 3.99. The third kappa shape index (κ3) is 4.24. The molecule has 11 heteroatoms. The number of anilines is 1. The van der Waals surface area contributed by atoms with Gasteiger partial charge in [-0.25, -0.2) is 18.0 Å². The summed E-state index contributed by atoms with van der Waals surface area (Å²) in [7, 11) is -1.52. The number of carboxylic acid groups (broad SMARTS) is 1. The molecule has 0 aliphatic rings. The van der Waals surface area contributed by atoms with Crippen LogP contribution in [0.15, 0.2) is 46.1 Å². The molecule has 0 aliphatic heterocycles. The summed E-state index contributed by atoms with van der Waals surface area (Å²) in [4.78, 5) is 27.0. The number of fused-ring (bicyclic) bond motifs is 1. The molecular weight excluding hydrogens is 402 g/mol.